The zero-order valence-corrected chi connectivity index (χ0v) is 20.8. The summed E-state index contributed by atoms with van der Waals surface area (Å²) in [5.41, 5.74) is 2.11. The summed E-state index contributed by atoms with van der Waals surface area (Å²) in [6.45, 7) is 23.3. The summed E-state index contributed by atoms with van der Waals surface area (Å²) in [6.07, 6.45) is 0. The average molecular weight is 404 g/mol. The van der Waals surface area contributed by atoms with E-state index in [1.165, 1.54) is 0 Å². The lowest BCUT2D eigenvalue weighted by Gasteiger charge is -2.38. The summed E-state index contributed by atoms with van der Waals surface area (Å²) >= 11 is 0. The van der Waals surface area contributed by atoms with Gasteiger partial charge in [-0.05, 0) is 22.2 Å². The van der Waals surface area contributed by atoms with Crippen molar-refractivity contribution >= 4 is 21.5 Å². The summed E-state index contributed by atoms with van der Waals surface area (Å²) in [7, 11) is -3.71. The van der Waals surface area contributed by atoms with Crippen LogP contribution in [0.2, 0.25) is 36.3 Å². The Labute approximate surface area is 167 Å². The molecule has 1 heterocycles. The fourth-order valence-corrected chi connectivity index (χ4v) is 6.98. The fourth-order valence-electron chi connectivity index (χ4n) is 2.96. The second-order valence-corrected chi connectivity index (χ2v) is 21.8. The van der Waals surface area contributed by atoms with Gasteiger partial charge in [-0.2, -0.15) is 0 Å². The van der Waals surface area contributed by atoms with Crippen LogP contribution in [0.15, 0.2) is 30.3 Å². The van der Waals surface area contributed by atoms with Crippen LogP contribution in [0.25, 0.3) is 5.69 Å². The van der Waals surface area contributed by atoms with E-state index in [1.807, 2.05) is 35.0 Å². The topological polar surface area (TPSA) is 44.8 Å². The number of nitrogens with zero attached hydrogens (tertiary/aromatic N) is 3. The Morgan fingerprint density at radius 3 is 1.89 bits per heavy atom. The molecule has 27 heavy (non-hydrogen) atoms. The molecule has 0 amide bonds. The van der Waals surface area contributed by atoms with Gasteiger partial charge in [0.05, 0.1) is 13.3 Å². The average Bonchev–Trinajstić information content (AvgIpc) is 2.82. The van der Waals surface area contributed by atoms with Crippen molar-refractivity contribution in [1.29, 1.82) is 0 Å². The van der Waals surface area contributed by atoms with Gasteiger partial charge in [0.15, 0.2) is 16.7 Å². The Hall–Kier alpha value is -1.41. The van der Waals surface area contributed by atoms with E-state index in [4.69, 9.17) is 0 Å². The van der Waals surface area contributed by atoms with Gasteiger partial charge in [0.1, 0.15) is 8.07 Å². The van der Waals surface area contributed by atoms with Crippen LogP contribution in [0.4, 0.5) is 0 Å². The normalized spacial score (nSPS) is 13.9. The Bertz CT molecular complexity index is 797. The number of rotatable bonds is 4. The highest BCUT2D eigenvalue weighted by Gasteiger charge is 2.48. The standard InChI is InChI=1S/C21H37N3OSi2/c1-20(2,3)26(7,8)16-18-19(27(9,10)21(4,5)6)24(25)22-23(18)17-14-12-11-13-15-17/h11-15H,16H2,1-10H3. The molecule has 0 radical (unpaired) electrons. The van der Waals surface area contributed by atoms with Crippen LogP contribution in [-0.2, 0) is 6.04 Å². The van der Waals surface area contributed by atoms with Crippen molar-refractivity contribution in [3.05, 3.63) is 41.2 Å². The van der Waals surface area contributed by atoms with E-state index in [2.05, 4.69) is 72.9 Å². The van der Waals surface area contributed by atoms with Crippen LogP contribution in [0.5, 0.6) is 0 Å². The van der Waals surface area contributed by atoms with E-state index >= 15 is 0 Å². The van der Waals surface area contributed by atoms with E-state index in [-0.39, 0.29) is 10.1 Å². The number of para-hydroxylation sites is 1. The molecule has 1 aromatic heterocycles. The molecule has 1 aromatic carbocycles. The van der Waals surface area contributed by atoms with Gasteiger partial charge in [-0.3, -0.25) is 0 Å². The first-order chi connectivity index (χ1) is 12.1. The fraction of sp³-hybridized carbons (Fsp3) is 0.619. The molecular formula is C21H37N3OSi2. The third-order valence-corrected chi connectivity index (χ3v) is 17.7. The van der Waals surface area contributed by atoms with Crippen LogP contribution in [0, 0.1) is 5.21 Å². The second-order valence-electron chi connectivity index (χ2n) is 11.0. The van der Waals surface area contributed by atoms with Crippen molar-refractivity contribution in [2.75, 3.05) is 0 Å². The molecule has 0 aliphatic rings. The summed E-state index contributed by atoms with van der Waals surface area (Å²) in [5.74, 6) is 0. The van der Waals surface area contributed by atoms with Crippen molar-refractivity contribution < 1.29 is 4.85 Å². The smallest absolute Gasteiger partial charge is 0.170 e. The van der Waals surface area contributed by atoms with E-state index < -0.39 is 16.1 Å². The maximum atomic E-state index is 13.1. The third-order valence-electron chi connectivity index (χ3n) is 7.00. The Kier molecular flexibility index (Phi) is 5.58. The van der Waals surface area contributed by atoms with Crippen molar-refractivity contribution in [2.45, 2.75) is 83.9 Å². The molecule has 4 nitrogen and oxygen atoms in total. The predicted molar refractivity (Wildman–Crippen MR) is 120 cm³/mol. The van der Waals surface area contributed by atoms with Crippen LogP contribution in [0.3, 0.4) is 0 Å². The minimum absolute atomic E-state index is 0.0753. The molecule has 2 aromatic rings. The molecule has 0 saturated heterocycles. The maximum Gasteiger partial charge on any atom is 0.170 e. The molecule has 0 saturated carbocycles. The van der Waals surface area contributed by atoms with Crippen molar-refractivity contribution in [3.8, 4) is 5.69 Å². The van der Waals surface area contributed by atoms with Crippen LogP contribution >= 0.6 is 0 Å². The van der Waals surface area contributed by atoms with Gasteiger partial charge in [0, 0.05) is 6.04 Å². The summed E-state index contributed by atoms with van der Waals surface area (Å²) in [4.78, 5) is 0.937. The quantitative estimate of drug-likeness (QED) is 0.418. The molecule has 0 atom stereocenters. The van der Waals surface area contributed by atoms with E-state index in [0.29, 0.717) is 0 Å². The first-order valence-electron chi connectivity index (χ1n) is 9.87. The van der Waals surface area contributed by atoms with Gasteiger partial charge in [0.25, 0.3) is 0 Å². The number of hydrogen-bond acceptors (Lipinski definition) is 2. The lowest BCUT2D eigenvalue weighted by molar-refractivity contribution is -0.654. The van der Waals surface area contributed by atoms with Crippen molar-refractivity contribution in [1.82, 2.24) is 9.90 Å². The summed E-state index contributed by atoms with van der Waals surface area (Å²) < 4.78 is 1.92. The van der Waals surface area contributed by atoms with Crippen molar-refractivity contribution in [3.63, 3.8) is 0 Å². The predicted octanol–water partition coefficient (Wildman–Crippen LogP) is 4.81. The molecule has 0 bridgehead atoms. The first-order valence-corrected chi connectivity index (χ1v) is 16.1. The lowest BCUT2D eigenvalue weighted by Crippen LogP contribution is -2.64. The van der Waals surface area contributed by atoms with Crippen LogP contribution < -0.4 is 10.2 Å². The van der Waals surface area contributed by atoms with Gasteiger partial charge in [-0.25, -0.2) is 0 Å². The third kappa shape index (κ3) is 4.06. The van der Waals surface area contributed by atoms with Gasteiger partial charge in [-0.15, -0.1) is 4.85 Å². The molecule has 150 valence electrons. The Balaban J connectivity index is 2.77. The van der Waals surface area contributed by atoms with Gasteiger partial charge in [0.2, 0.25) is 0 Å². The molecule has 0 N–H and O–H groups in total. The molecule has 0 aliphatic carbocycles. The summed E-state index contributed by atoms with van der Waals surface area (Å²) in [5, 5.41) is 18.8. The second kappa shape index (κ2) is 6.88. The molecule has 0 fully saturated rings. The highest BCUT2D eigenvalue weighted by molar-refractivity contribution is 6.91. The Morgan fingerprint density at radius 1 is 0.926 bits per heavy atom. The van der Waals surface area contributed by atoms with E-state index in [1.54, 1.807) is 0 Å². The molecule has 0 unspecified atom stereocenters. The van der Waals surface area contributed by atoms with Gasteiger partial charge >= 0.3 is 0 Å². The summed E-state index contributed by atoms with van der Waals surface area (Å²) in [6, 6.07) is 11.0. The van der Waals surface area contributed by atoms with Gasteiger partial charge in [-0.1, -0.05) is 90.6 Å². The van der Waals surface area contributed by atoms with Gasteiger partial charge < -0.3 is 5.21 Å². The largest absolute Gasteiger partial charge is 0.691 e. The monoisotopic (exact) mass is 403 g/mol. The van der Waals surface area contributed by atoms with Crippen molar-refractivity contribution in [2.24, 2.45) is 0 Å². The zero-order chi connectivity index (χ0) is 20.8. The number of aromatic nitrogens is 3. The lowest BCUT2D eigenvalue weighted by atomic mass is 10.2. The molecule has 0 aliphatic heterocycles. The SMILES string of the molecule is CC(C)(C)[Si](C)(C)Cc1c([Si](C)(C)C(C)(C)C)[n+]([O-])nn1-c1ccccc1. The highest BCUT2D eigenvalue weighted by atomic mass is 28.3. The minimum Gasteiger partial charge on any atom is -0.691 e. The maximum absolute atomic E-state index is 13.1. The molecule has 2 rings (SSSR count). The van der Waals surface area contributed by atoms with E-state index in [9.17, 15) is 5.21 Å². The zero-order valence-electron chi connectivity index (χ0n) is 18.8. The molecule has 6 heteroatoms. The highest BCUT2D eigenvalue weighted by Crippen LogP contribution is 2.40. The van der Waals surface area contributed by atoms with Crippen LogP contribution in [-0.4, -0.2) is 26.0 Å². The first kappa shape index (κ1) is 21.9. The number of hydrogen-bond donors (Lipinski definition) is 0. The number of benzene rings is 1. The molecule has 0 spiro atoms. The van der Waals surface area contributed by atoms with Crippen LogP contribution in [0.1, 0.15) is 47.2 Å². The Morgan fingerprint density at radius 2 is 1.44 bits per heavy atom. The minimum atomic E-state index is -2.05. The van der Waals surface area contributed by atoms with E-state index in [0.717, 1.165) is 27.6 Å². The molecular weight excluding hydrogens is 366 g/mol.